The monoisotopic (exact) mass is 265 g/mol. The van der Waals surface area contributed by atoms with E-state index in [0.29, 0.717) is 19.1 Å². The lowest BCUT2D eigenvalue weighted by Crippen LogP contribution is -2.53. The molecule has 0 saturated carbocycles. The molecule has 0 radical (unpaired) electrons. The fourth-order valence-electron chi connectivity index (χ4n) is 2.69. The maximum atomic E-state index is 12.2. The molecule has 0 bridgehead atoms. The number of piperidine rings is 1. The van der Waals surface area contributed by atoms with E-state index in [-0.39, 0.29) is 5.91 Å². The highest BCUT2D eigenvalue weighted by atomic mass is 16.2. The van der Waals surface area contributed by atoms with Crippen molar-refractivity contribution in [3.05, 3.63) is 0 Å². The van der Waals surface area contributed by atoms with E-state index in [0.717, 1.165) is 32.2 Å². The van der Waals surface area contributed by atoms with Crippen molar-refractivity contribution in [2.24, 2.45) is 5.73 Å². The van der Waals surface area contributed by atoms with E-state index in [4.69, 9.17) is 12.2 Å². The van der Waals surface area contributed by atoms with Crippen molar-refractivity contribution in [2.45, 2.75) is 57.5 Å². The Bertz CT molecular complexity index is 331. The largest absolute Gasteiger partial charge is 0.339 e. The molecule has 1 amide bonds. The van der Waals surface area contributed by atoms with Crippen molar-refractivity contribution in [1.29, 1.82) is 0 Å². The highest BCUT2D eigenvalue weighted by molar-refractivity contribution is 5.79. The van der Waals surface area contributed by atoms with Crippen LogP contribution in [0, 0.1) is 12.3 Å². The van der Waals surface area contributed by atoms with Crippen LogP contribution in [0.3, 0.4) is 0 Å². The fourth-order valence-corrected chi connectivity index (χ4v) is 2.69. The Morgan fingerprint density at radius 2 is 2.16 bits per heavy atom. The standard InChI is InChI=1S/C15H27N3O/c1-4-15(5-2,6-3)17-14(19)12-18-10-8-7-9-13(18)11-16/h1,13H,5-12,16H2,2-3H3,(H,17,19). The summed E-state index contributed by atoms with van der Waals surface area (Å²) < 4.78 is 0. The van der Waals surface area contributed by atoms with Crippen LogP contribution in [-0.2, 0) is 4.79 Å². The lowest BCUT2D eigenvalue weighted by Gasteiger charge is -2.35. The molecule has 4 nitrogen and oxygen atoms in total. The molecule has 1 unspecified atom stereocenters. The second-order valence-electron chi connectivity index (χ2n) is 5.34. The first-order valence-electron chi connectivity index (χ1n) is 7.33. The first-order chi connectivity index (χ1) is 9.10. The van der Waals surface area contributed by atoms with E-state index < -0.39 is 5.54 Å². The predicted octanol–water partition coefficient (Wildman–Crippen LogP) is 1.11. The smallest absolute Gasteiger partial charge is 0.235 e. The van der Waals surface area contributed by atoms with Crippen LogP contribution in [0.5, 0.6) is 0 Å². The third kappa shape index (κ3) is 4.22. The van der Waals surface area contributed by atoms with Crippen molar-refractivity contribution in [1.82, 2.24) is 10.2 Å². The van der Waals surface area contributed by atoms with Gasteiger partial charge in [0.25, 0.3) is 0 Å². The van der Waals surface area contributed by atoms with Gasteiger partial charge in [-0.1, -0.05) is 26.2 Å². The maximum Gasteiger partial charge on any atom is 0.235 e. The molecule has 1 heterocycles. The van der Waals surface area contributed by atoms with E-state index in [1.807, 2.05) is 13.8 Å². The van der Waals surface area contributed by atoms with Crippen molar-refractivity contribution >= 4 is 5.91 Å². The second kappa shape index (κ2) is 7.52. The number of likely N-dealkylation sites (tertiary alicyclic amines) is 1. The molecule has 1 rings (SSSR count). The number of carbonyl (C=O) groups excluding carboxylic acids is 1. The zero-order chi connectivity index (χ0) is 14.3. The topological polar surface area (TPSA) is 58.4 Å². The molecule has 4 heteroatoms. The molecule has 0 spiro atoms. The first-order valence-corrected chi connectivity index (χ1v) is 7.33. The summed E-state index contributed by atoms with van der Waals surface area (Å²) in [7, 11) is 0. The van der Waals surface area contributed by atoms with Gasteiger partial charge in [-0.3, -0.25) is 9.69 Å². The molecule has 19 heavy (non-hydrogen) atoms. The SMILES string of the molecule is C#CC(CC)(CC)NC(=O)CN1CCCCC1CN. The summed E-state index contributed by atoms with van der Waals surface area (Å²) in [6.45, 7) is 6.00. The summed E-state index contributed by atoms with van der Waals surface area (Å²) in [4.78, 5) is 14.4. The highest BCUT2D eigenvalue weighted by Gasteiger charge is 2.28. The Kier molecular flexibility index (Phi) is 6.33. The molecule has 1 aliphatic rings. The molecular formula is C15H27N3O. The van der Waals surface area contributed by atoms with Crippen molar-refractivity contribution in [3.8, 4) is 12.3 Å². The van der Waals surface area contributed by atoms with Gasteiger partial charge in [0.15, 0.2) is 0 Å². The third-order valence-corrected chi connectivity index (χ3v) is 4.23. The van der Waals surface area contributed by atoms with E-state index in [1.165, 1.54) is 6.42 Å². The first kappa shape index (κ1) is 16.0. The van der Waals surface area contributed by atoms with E-state index in [2.05, 4.69) is 16.1 Å². The molecule has 1 atom stereocenters. The van der Waals surface area contributed by atoms with E-state index >= 15 is 0 Å². The van der Waals surface area contributed by atoms with Gasteiger partial charge in [0, 0.05) is 12.6 Å². The third-order valence-electron chi connectivity index (χ3n) is 4.23. The second-order valence-corrected chi connectivity index (χ2v) is 5.34. The average Bonchev–Trinajstić information content (AvgIpc) is 2.45. The Morgan fingerprint density at radius 1 is 1.47 bits per heavy atom. The summed E-state index contributed by atoms with van der Waals surface area (Å²) >= 11 is 0. The minimum absolute atomic E-state index is 0.0157. The number of hydrogen-bond donors (Lipinski definition) is 2. The van der Waals surface area contributed by atoms with Crippen LogP contribution in [0.1, 0.15) is 46.0 Å². The van der Waals surface area contributed by atoms with Crippen LogP contribution in [-0.4, -0.2) is 42.0 Å². The highest BCUT2D eigenvalue weighted by Crippen LogP contribution is 2.17. The lowest BCUT2D eigenvalue weighted by molar-refractivity contribution is -0.124. The van der Waals surface area contributed by atoms with Crippen LogP contribution in [0.15, 0.2) is 0 Å². The number of hydrogen-bond acceptors (Lipinski definition) is 3. The quantitative estimate of drug-likeness (QED) is 0.707. The van der Waals surface area contributed by atoms with Crippen molar-refractivity contribution in [2.75, 3.05) is 19.6 Å². The van der Waals surface area contributed by atoms with Gasteiger partial charge >= 0.3 is 0 Å². The molecule has 0 aromatic rings. The molecule has 0 aromatic heterocycles. The summed E-state index contributed by atoms with van der Waals surface area (Å²) in [6, 6.07) is 0.336. The van der Waals surface area contributed by atoms with Crippen molar-refractivity contribution in [3.63, 3.8) is 0 Å². The summed E-state index contributed by atoms with van der Waals surface area (Å²) in [5.41, 5.74) is 5.27. The molecule has 1 saturated heterocycles. The summed E-state index contributed by atoms with van der Waals surface area (Å²) in [5.74, 6) is 2.75. The zero-order valence-electron chi connectivity index (χ0n) is 12.2. The Balaban J connectivity index is 2.56. The van der Waals surface area contributed by atoms with Gasteiger partial charge in [0.05, 0.1) is 6.54 Å². The van der Waals surface area contributed by atoms with Crippen LogP contribution in [0.4, 0.5) is 0 Å². The van der Waals surface area contributed by atoms with Crippen molar-refractivity contribution < 1.29 is 4.79 Å². The average molecular weight is 265 g/mol. The van der Waals surface area contributed by atoms with Gasteiger partial charge in [-0.15, -0.1) is 6.42 Å². The Morgan fingerprint density at radius 3 is 2.68 bits per heavy atom. The van der Waals surface area contributed by atoms with E-state index in [1.54, 1.807) is 0 Å². The van der Waals surface area contributed by atoms with Crippen LogP contribution >= 0.6 is 0 Å². The van der Waals surface area contributed by atoms with Crippen LogP contribution < -0.4 is 11.1 Å². The number of rotatable bonds is 6. The van der Waals surface area contributed by atoms with Gasteiger partial charge in [-0.05, 0) is 32.2 Å². The molecule has 1 fully saturated rings. The van der Waals surface area contributed by atoms with Crippen LogP contribution in [0.2, 0.25) is 0 Å². The fraction of sp³-hybridized carbons (Fsp3) is 0.800. The Hall–Kier alpha value is -1.05. The zero-order valence-corrected chi connectivity index (χ0v) is 12.2. The van der Waals surface area contributed by atoms with Gasteiger partial charge < -0.3 is 11.1 Å². The molecule has 3 N–H and O–H groups in total. The minimum Gasteiger partial charge on any atom is -0.339 e. The van der Waals surface area contributed by atoms with Gasteiger partial charge in [0.2, 0.25) is 5.91 Å². The van der Waals surface area contributed by atoms with E-state index in [9.17, 15) is 4.79 Å². The summed E-state index contributed by atoms with van der Waals surface area (Å²) in [5, 5.41) is 3.01. The lowest BCUT2D eigenvalue weighted by atomic mass is 9.94. The van der Waals surface area contributed by atoms with Gasteiger partial charge in [-0.25, -0.2) is 0 Å². The van der Waals surface area contributed by atoms with Gasteiger partial charge in [0.1, 0.15) is 5.54 Å². The minimum atomic E-state index is -0.495. The normalized spacial score (nSPS) is 20.8. The summed E-state index contributed by atoms with van der Waals surface area (Å²) in [6.07, 6.45) is 10.5. The molecule has 1 aliphatic heterocycles. The number of carbonyl (C=O) groups is 1. The predicted molar refractivity (Wildman–Crippen MR) is 78.6 cm³/mol. The number of amides is 1. The molecule has 0 aliphatic carbocycles. The molecule has 108 valence electrons. The number of nitrogens with zero attached hydrogens (tertiary/aromatic N) is 1. The maximum absolute atomic E-state index is 12.2. The molecular weight excluding hydrogens is 238 g/mol. The number of nitrogens with one attached hydrogen (secondary N) is 1. The molecule has 0 aromatic carbocycles. The Labute approximate surface area is 117 Å². The van der Waals surface area contributed by atoms with Crippen LogP contribution in [0.25, 0.3) is 0 Å². The number of nitrogens with two attached hydrogens (primary N) is 1. The van der Waals surface area contributed by atoms with Gasteiger partial charge in [-0.2, -0.15) is 0 Å². The number of terminal acetylenes is 1.